The van der Waals surface area contributed by atoms with Crippen LogP contribution >= 0.6 is 0 Å². The van der Waals surface area contributed by atoms with E-state index in [4.69, 9.17) is 0 Å². The molecule has 1 aliphatic carbocycles. The van der Waals surface area contributed by atoms with Crippen molar-refractivity contribution in [1.82, 2.24) is 5.32 Å². The number of hydrogen-bond donors (Lipinski definition) is 1. The number of nitrogens with one attached hydrogen (secondary N) is 1. The van der Waals surface area contributed by atoms with Crippen molar-refractivity contribution in [2.75, 3.05) is 6.54 Å². The number of benzene rings is 1. The topological polar surface area (TPSA) is 12.0 Å². The van der Waals surface area contributed by atoms with E-state index >= 15 is 0 Å². The van der Waals surface area contributed by atoms with Gasteiger partial charge in [-0.3, -0.25) is 0 Å². The molecule has 112 valence electrons. The Kier molecular flexibility index (Phi) is 4.30. The van der Waals surface area contributed by atoms with Gasteiger partial charge >= 0.3 is 0 Å². The molecule has 1 fully saturated rings. The van der Waals surface area contributed by atoms with Gasteiger partial charge in [0, 0.05) is 17.5 Å². The highest BCUT2D eigenvalue weighted by Gasteiger charge is 2.46. The minimum atomic E-state index is 0.194. The van der Waals surface area contributed by atoms with Crippen LogP contribution in [0.1, 0.15) is 58.6 Å². The standard InChI is InChI=1S/C19H31N/c1-14(2)16-11-19(12-16,13-20-18(4,5)6)17-9-7-8-15(3)10-17/h7-10,14,16,20H,11-13H2,1-6H3. The van der Waals surface area contributed by atoms with Crippen LogP contribution in [-0.4, -0.2) is 12.1 Å². The molecule has 0 atom stereocenters. The molecule has 0 spiro atoms. The number of rotatable bonds is 4. The van der Waals surface area contributed by atoms with Crippen LogP contribution in [0.4, 0.5) is 0 Å². The summed E-state index contributed by atoms with van der Waals surface area (Å²) in [5.41, 5.74) is 3.46. The van der Waals surface area contributed by atoms with Gasteiger partial charge in [-0.2, -0.15) is 0 Å². The third-order valence-corrected chi connectivity index (χ3v) is 4.84. The normalized spacial score (nSPS) is 26.6. The van der Waals surface area contributed by atoms with Gasteiger partial charge in [-0.25, -0.2) is 0 Å². The molecule has 0 amide bonds. The van der Waals surface area contributed by atoms with Gasteiger partial charge in [-0.05, 0) is 57.9 Å². The zero-order valence-corrected chi connectivity index (χ0v) is 14.1. The molecule has 1 aromatic carbocycles. The van der Waals surface area contributed by atoms with E-state index in [2.05, 4.69) is 71.1 Å². The molecule has 0 bridgehead atoms. The van der Waals surface area contributed by atoms with Crippen LogP contribution in [0.15, 0.2) is 24.3 Å². The Morgan fingerprint density at radius 1 is 1.25 bits per heavy atom. The zero-order chi connectivity index (χ0) is 15.0. The Balaban J connectivity index is 2.18. The molecule has 20 heavy (non-hydrogen) atoms. The Labute approximate surface area is 125 Å². The molecular weight excluding hydrogens is 242 g/mol. The van der Waals surface area contributed by atoms with Gasteiger partial charge in [-0.1, -0.05) is 43.7 Å². The van der Waals surface area contributed by atoms with Crippen LogP contribution in [0.5, 0.6) is 0 Å². The summed E-state index contributed by atoms with van der Waals surface area (Å²) in [6.45, 7) is 14.8. The molecule has 0 aliphatic heterocycles. The zero-order valence-electron chi connectivity index (χ0n) is 14.1. The van der Waals surface area contributed by atoms with Crippen molar-refractivity contribution in [3.8, 4) is 0 Å². The van der Waals surface area contributed by atoms with Gasteiger partial charge in [-0.15, -0.1) is 0 Å². The second-order valence-electron chi connectivity index (χ2n) is 8.17. The first-order chi connectivity index (χ1) is 9.22. The fraction of sp³-hybridized carbons (Fsp3) is 0.684. The molecule has 0 saturated heterocycles. The third-order valence-electron chi connectivity index (χ3n) is 4.84. The summed E-state index contributed by atoms with van der Waals surface area (Å²) in [5, 5.41) is 3.74. The molecule has 1 saturated carbocycles. The Morgan fingerprint density at radius 2 is 1.90 bits per heavy atom. The Morgan fingerprint density at radius 3 is 2.40 bits per heavy atom. The van der Waals surface area contributed by atoms with Crippen molar-refractivity contribution in [2.45, 2.75) is 65.3 Å². The maximum absolute atomic E-state index is 3.74. The molecule has 0 radical (unpaired) electrons. The number of aryl methyl sites for hydroxylation is 1. The average Bonchev–Trinajstić information content (AvgIpc) is 2.25. The fourth-order valence-electron chi connectivity index (χ4n) is 3.31. The molecule has 1 aliphatic rings. The maximum atomic E-state index is 3.74. The highest BCUT2D eigenvalue weighted by Crippen LogP contribution is 2.50. The SMILES string of the molecule is Cc1cccc(C2(CNC(C)(C)C)CC(C(C)C)C2)c1. The molecule has 2 rings (SSSR count). The lowest BCUT2D eigenvalue weighted by Crippen LogP contribution is -2.53. The second-order valence-corrected chi connectivity index (χ2v) is 8.17. The van der Waals surface area contributed by atoms with E-state index in [9.17, 15) is 0 Å². The predicted molar refractivity (Wildman–Crippen MR) is 88.2 cm³/mol. The van der Waals surface area contributed by atoms with Crippen molar-refractivity contribution >= 4 is 0 Å². The summed E-state index contributed by atoms with van der Waals surface area (Å²) in [7, 11) is 0. The molecule has 1 heteroatoms. The maximum Gasteiger partial charge on any atom is 0.00968 e. The molecule has 0 aromatic heterocycles. The number of hydrogen-bond acceptors (Lipinski definition) is 1. The summed E-state index contributed by atoms with van der Waals surface area (Å²) in [6, 6.07) is 9.13. The first kappa shape index (κ1) is 15.6. The second kappa shape index (κ2) is 5.52. The highest BCUT2D eigenvalue weighted by molar-refractivity contribution is 5.33. The van der Waals surface area contributed by atoms with Gasteiger partial charge in [0.05, 0.1) is 0 Å². The summed E-state index contributed by atoms with van der Waals surface area (Å²) >= 11 is 0. The molecule has 1 aromatic rings. The highest BCUT2D eigenvalue weighted by atomic mass is 15.0. The van der Waals surface area contributed by atoms with E-state index in [0.717, 1.165) is 18.4 Å². The van der Waals surface area contributed by atoms with Gasteiger partial charge in [0.15, 0.2) is 0 Å². The third kappa shape index (κ3) is 3.44. The lowest BCUT2D eigenvalue weighted by Gasteiger charge is -2.51. The molecule has 1 nitrogen and oxygen atoms in total. The fourth-order valence-corrected chi connectivity index (χ4v) is 3.31. The molecular formula is C19H31N. The monoisotopic (exact) mass is 273 g/mol. The van der Waals surface area contributed by atoms with Gasteiger partial charge in [0.2, 0.25) is 0 Å². The van der Waals surface area contributed by atoms with Crippen molar-refractivity contribution < 1.29 is 0 Å². The van der Waals surface area contributed by atoms with Gasteiger partial charge in [0.25, 0.3) is 0 Å². The Bertz CT molecular complexity index is 447. The Hall–Kier alpha value is -0.820. The predicted octanol–water partition coefficient (Wildman–Crippen LogP) is 4.69. The van der Waals surface area contributed by atoms with Crippen LogP contribution in [0, 0.1) is 18.8 Å². The molecule has 0 heterocycles. The lowest BCUT2D eigenvalue weighted by atomic mass is 9.55. The van der Waals surface area contributed by atoms with Crippen LogP contribution in [0.2, 0.25) is 0 Å². The van der Waals surface area contributed by atoms with Crippen LogP contribution in [-0.2, 0) is 5.41 Å². The van der Waals surface area contributed by atoms with Crippen LogP contribution in [0.3, 0.4) is 0 Å². The minimum absolute atomic E-state index is 0.194. The van der Waals surface area contributed by atoms with E-state index in [1.807, 2.05) is 0 Å². The average molecular weight is 273 g/mol. The molecule has 0 unspecified atom stereocenters. The summed E-state index contributed by atoms with van der Waals surface area (Å²) in [6.07, 6.45) is 2.66. The largest absolute Gasteiger partial charge is 0.311 e. The summed E-state index contributed by atoms with van der Waals surface area (Å²) in [4.78, 5) is 0. The van der Waals surface area contributed by atoms with E-state index in [1.165, 1.54) is 24.0 Å². The van der Waals surface area contributed by atoms with E-state index < -0.39 is 0 Å². The van der Waals surface area contributed by atoms with Crippen molar-refractivity contribution in [2.24, 2.45) is 11.8 Å². The quantitative estimate of drug-likeness (QED) is 0.839. The van der Waals surface area contributed by atoms with E-state index in [1.54, 1.807) is 0 Å². The van der Waals surface area contributed by atoms with Crippen LogP contribution in [0.25, 0.3) is 0 Å². The van der Waals surface area contributed by atoms with Gasteiger partial charge in [0.1, 0.15) is 0 Å². The van der Waals surface area contributed by atoms with Gasteiger partial charge < -0.3 is 5.32 Å². The first-order valence-corrected chi connectivity index (χ1v) is 8.04. The summed E-state index contributed by atoms with van der Waals surface area (Å²) < 4.78 is 0. The van der Waals surface area contributed by atoms with Crippen molar-refractivity contribution in [3.05, 3.63) is 35.4 Å². The first-order valence-electron chi connectivity index (χ1n) is 8.04. The van der Waals surface area contributed by atoms with E-state index in [0.29, 0.717) is 5.41 Å². The van der Waals surface area contributed by atoms with Crippen molar-refractivity contribution in [3.63, 3.8) is 0 Å². The lowest BCUT2D eigenvalue weighted by molar-refractivity contribution is 0.0912. The van der Waals surface area contributed by atoms with E-state index in [-0.39, 0.29) is 5.54 Å². The van der Waals surface area contributed by atoms with Crippen LogP contribution < -0.4 is 5.32 Å². The summed E-state index contributed by atoms with van der Waals surface area (Å²) in [5.74, 6) is 1.69. The smallest absolute Gasteiger partial charge is 0.00968 e. The minimum Gasteiger partial charge on any atom is -0.311 e. The van der Waals surface area contributed by atoms with Crippen molar-refractivity contribution in [1.29, 1.82) is 0 Å². The molecule has 1 N–H and O–H groups in total.